The van der Waals surface area contributed by atoms with E-state index in [0.717, 1.165) is 0 Å². The first kappa shape index (κ1) is 20.4. The van der Waals surface area contributed by atoms with Crippen LogP contribution in [0.4, 0.5) is 10.1 Å². The van der Waals surface area contributed by atoms with Gasteiger partial charge in [-0.2, -0.15) is 0 Å². The number of carbonyl (C=O) groups excluding carboxylic acids is 1. The maximum Gasteiger partial charge on any atom is 0.224 e. The topological polar surface area (TPSA) is 69.3 Å². The monoisotopic (exact) mass is 419 g/mol. The summed E-state index contributed by atoms with van der Waals surface area (Å²) in [6.07, 6.45) is 5.99. The van der Waals surface area contributed by atoms with Crippen molar-refractivity contribution in [2.75, 3.05) is 11.9 Å². The molecule has 0 aliphatic heterocycles. The van der Waals surface area contributed by atoms with Crippen molar-refractivity contribution < 1.29 is 18.3 Å². The molecule has 1 amide bonds. The molecule has 0 fully saturated rings. The van der Waals surface area contributed by atoms with Gasteiger partial charge < -0.3 is 19.0 Å². The van der Waals surface area contributed by atoms with Crippen LogP contribution in [0.15, 0.2) is 83.8 Å². The molecule has 2 heterocycles. The van der Waals surface area contributed by atoms with Gasteiger partial charge in [-0.25, -0.2) is 9.37 Å². The summed E-state index contributed by atoms with van der Waals surface area (Å²) in [5.41, 5.74) is 1.07. The van der Waals surface area contributed by atoms with Gasteiger partial charge in [-0.1, -0.05) is 18.2 Å². The number of amides is 1. The molecule has 0 saturated heterocycles. The fourth-order valence-corrected chi connectivity index (χ4v) is 3.13. The number of imidazole rings is 1. The molecule has 2 aromatic heterocycles. The van der Waals surface area contributed by atoms with E-state index < -0.39 is 0 Å². The minimum absolute atomic E-state index is 0.139. The highest BCUT2D eigenvalue weighted by molar-refractivity contribution is 5.91. The van der Waals surface area contributed by atoms with E-state index in [2.05, 4.69) is 10.3 Å². The number of hydrogen-bond acceptors (Lipinski definition) is 4. The summed E-state index contributed by atoms with van der Waals surface area (Å²) in [4.78, 5) is 16.3. The van der Waals surface area contributed by atoms with Gasteiger partial charge in [0.15, 0.2) is 0 Å². The van der Waals surface area contributed by atoms with Crippen LogP contribution in [0.3, 0.4) is 0 Å². The third-order valence-corrected chi connectivity index (χ3v) is 4.69. The Morgan fingerprint density at radius 3 is 2.87 bits per heavy atom. The van der Waals surface area contributed by atoms with Gasteiger partial charge in [-0.3, -0.25) is 4.79 Å². The molecule has 0 saturated carbocycles. The first-order valence-electron chi connectivity index (χ1n) is 9.99. The molecule has 0 unspecified atom stereocenters. The number of benzene rings is 2. The number of hydrogen-bond donors (Lipinski definition) is 1. The summed E-state index contributed by atoms with van der Waals surface area (Å²) in [7, 11) is 0. The molecule has 4 aromatic rings. The summed E-state index contributed by atoms with van der Waals surface area (Å²) >= 11 is 0. The molecule has 0 bridgehead atoms. The molecule has 1 N–H and O–H groups in total. The van der Waals surface area contributed by atoms with Crippen molar-refractivity contribution in [1.29, 1.82) is 0 Å². The average molecular weight is 419 g/mol. The largest absolute Gasteiger partial charge is 0.492 e. The number of rotatable bonds is 9. The molecule has 7 heteroatoms. The first-order chi connectivity index (χ1) is 15.2. The molecular weight excluding hydrogens is 397 g/mol. The van der Waals surface area contributed by atoms with E-state index in [-0.39, 0.29) is 18.1 Å². The van der Waals surface area contributed by atoms with E-state index in [1.807, 2.05) is 29.0 Å². The third kappa shape index (κ3) is 5.60. The Labute approximate surface area is 179 Å². The Kier molecular flexibility index (Phi) is 6.42. The summed E-state index contributed by atoms with van der Waals surface area (Å²) in [5, 5.41) is 2.87. The molecule has 6 nitrogen and oxygen atoms in total. The predicted molar refractivity (Wildman–Crippen MR) is 115 cm³/mol. The van der Waals surface area contributed by atoms with E-state index in [4.69, 9.17) is 9.15 Å². The molecule has 4 rings (SSSR count). The number of aryl methyl sites for hydroxylation is 1. The van der Waals surface area contributed by atoms with Crippen molar-refractivity contribution >= 4 is 11.6 Å². The second kappa shape index (κ2) is 9.75. The Balaban J connectivity index is 1.27. The van der Waals surface area contributed by atoms with Crippen molar-refractivity contribution in [2.45, 2.75) is 19.4 Å². The first-order valence-corrected chi connectivity index (χ1v) is 9.99. The van der Waals surface area contributed by atoms with Crippen molar-refractivity contribution in [2.24, 2.45) is 0 Å². The van der Waals surface area contributed by atoms with Crippen LogP contribution < -0.4 is 10.1 Å². The predicted octanol–water partition coefficient (Wildman–Crippen LogP) is 4.93. The standard InChI is InChI=1S/C24H22FN3O3/c25-22-7-2-1-6-21(22)23-10-8-19(31-23)9-11-24(29)27-18-4-3-5-20(16-18)30-15-14-28-13-12-26-17-28/h1-8,10,12-13,16-17H,9,11,14-15H2,(H,27,29). The molecule has 0 atom stereocenters. The number of aromatic nitrogens is 2. The van der Waals surface area contributed by atoms with Crippen LogP contribution in [0.1, 0.15) is 12.2 Å². The van der Waals surface area contributed by atoms with Gasteiger partial charge in [-0.15, -0.1) is 0 Å². The molecule has 0 aliphatic rings. The van der Waals surface area contributed by atoms with E-state index in [1.54, 1.807) is 48.9 Å². The lowest BCUT2D eigenvalue weighted by Crippen LogP contribution is -2.12. The van der Waals surface area contributed by atoms with Gasteiger partial charge in [0.25, 0.3) is 0 Å². The summed E-state index contributed by atoms with van der Waals surface area (Å²) in [5.74, 6) is 1.28. The minimum Gasteiger partial charge on any atom is -0.492 e. The fourth-order valence-electron chi connectivity index (χ4n) is 3.13. The lowest BCUT2D eigenvalue weighted by molar-refractivity contribution is -0.116. The van der Waals surface area contributed by atoms with E-state index in [9.17, 15) is 9.18 Å². The Morgan fingerprint density at radius 2 is 2.03 bits per heavy atom. The molecular formula is C24H22FN3O3. The maximum absolute atomic E-state index is 13.9. The summed E-state index contributed by atoms with van der Waals surface area (Å²) < 4.78 is 27.3. The molecule has 2 aromatic carbocycles. The highest BCUT2D eigenvalue weighted by Crippen LogP contribution is 2.25. The number of nitrogens with zero attached hydrogens (tertiary/aromatic N) is 2. The molecule has 158 valence electrons. The zero-order valence-electron chi connectivity index (χ0n) is 16.8. The number of nitrogens with one attached hydrogen (secondary N) is 1. The van der Waals surface area contributed by atoms with E-state index >= 15 is 0 Å². The summed E-state index contributed by atoms with van der Waals surface area (Å²) in [6, 6.07) is 17.2. The van der Waals surface area contributed by atoms with Crippen LogP contribution in [-0.4, -0.2) is 22.1 Å². The Morgan fingerprint density at radius 1 is 1.13 bits per heavy atom. The van der Waals surface area contributed by atoms with Gasteiger partial charge >= 0.3 is 0 Å². The molecule has 0 spiro atoms. The highest BCUT2D eigenvalue weighted by Gasteiger charge is 2.11. The normalized spacial score (nSPS) is 10.7. The van der Waals surface area contributed by atoms with Crippen LogP contribution >= 0.6 is 0 Å². The number of furan rings is 1. The second-order valence-corrected chi connectivity index (χ2v) is 6.97. The summed E-state index contributed by atoms with van der Waals surface area (Å²) in [6.45, 7) is 1.19. The smallest absolute Gasteiger partial charge is 0.224 e. The molecule has 0 aliphatic carbocycles. The number of ether oxygens (including phenoxy) is 1. The second-order valence-electron chi connectivity index (χ2n) is 6.97. The quantitative estimate of drug-likeness (QED) is 0.418. The highest BCUT2D eigenvalue weighted by atomic mass is 19.1. The number of anilines is 1. The van der Waals surface area contributed by atoms with Crippen LogP contribution in [0.25, 0.3) is 11.3 Å². The lowest BCUT2D eigenvalue weighted by Gasteiger charge is -2.09. The molecule has 31 heavy (non-hydrogen) atoms. The lowest BCUT2D eigenvalue weighted by atomic mass is 10.1. The van der Waals surface area contributed by atoms with Gasteiger partial charge in [0, 0.05) is 37.0 Å². The van der Waals surface area contributed by atoms with Crippen molar-refractivity contribution in [3.8, 4) is 17.1 Å². The van der Waals surface area contributed by atoms with Crippen molar-refractivity contribution in [3.05, 3.63) is 91.0 Å². The van der Waals surface area contributed by atoms with Gasteiger partial charge in [0.1, 0.15) is 29.7 Å². The van der Waals surface area contributed by atoms with Crippen LogP contribution in [0, 0.1) is 5.82 Å². The SMILES string of the molecule is O=C(CCc1ccc(-c2ccccc2F)o1)Nc1cccc(OCCn2ccnc2)c1. The van der Waals surface area contributed by atoms with Crippen LogP contribution in [0.2, 0.25) is 0 Å². The zero-order valence-corrected chi connectivity index (χ0v) is 16.8. The van der Waals surface area contributed by atoms with Gasteiger partial charge in [0.05, 0.1) is 18.4 Å². The van der Waals surface area contributed by atoms with Gasteiger partial charge in [-0.05, 0) is 36.4 Å². The average Bonchev–Trinajstić information content (AvgIpc) is 3.45. The van der Waals surface area contributed by atoms with Crippen molar-refractivity contribution in [1.82, 2.24) is 9.55 Å². The van der Waals surface area contributed by atoms with Gasteiger partial charge in [0.2, 0.25) is 5.91 Å². The van der Waals surface area contributed by atoms with E-state index in [0.29, 0.717) is 48.1 Å². The Hall–Kier alpha value is -3.87. The number of halogens is 1. The van der Waals surface area contributed by atoms with Crippen LogP contribution in [-0.2, 0) is 17.8 Å². The molecule has 0 radical (unpaired) electrons. The third-order valence-electron chi connectivity index (χ3n) is 4.69. The van der Waals surface area contributed by atoms with Crippen LogP contribution in [0.5, 0.6) is 5.75 Å². The Bertz CT molecular complexity index is 1140. The number of carbonyl (C=O) groups is 1. The maximum atomic E-state index is 13.9. The fraction of sp³-hybridized carbons (Fsp3) is 0.167. The van der Waals surface area contributed by atoms with E-state index in [1.165, 1.54) is 6.07 Å². The minimum atomic E-state index is -0.340. The van der Waals surface area contributed by atoms with Crippen molar-refractivity contribution in [3.63, 3.8) is 0 Å². The zero-order chi connectivity index (χ0) is 21.5.